The van der Waals surface area contributed by atoms with Gasteiger partial charge in [-0.15, -0.1) is 0 Å². The van der Waals surface area contributed by atoms with Crippen LogP contribution in [0.25, 0.3) is 0 Å². The van der Waals surface area contributed by atoms with Gasteiger partial charge in [-0.05, 0) is 40.8 Å². The van der Waals surface area contributed by atoms with Crippen LogP contribution in [0, 0.1) is 11.7 Å². The van der Waals surface area contributed by atoms with Gasteiger partial charge >= 0.3 is 0 Å². The molecule has 1 fully saturated rings. The van der Waals surface area contributed by atoms with Crippen molar-refractivity contribution in [2.75, 3.05) is 16.8 Å². The molecule has 0 saturated carbocycles. The summed E-state index contributed by atoms with van der Waals surface area (Å²) in [6.07, 6.45) is 1.88. The number of anilines is 2. The van der Waals surface area contributed by atoms with Gasteiger partial charge in [-0.3, -0.25) is 4.79 Å². The van der Waals surface area contributed by atoms with Crippen LogP contribution in [-0.4, -0.2) is 18.5 Å². The largest absolute Gasteiger partial charge is 0.358 e. The molecule has 2 unspecified atom stereocenters. The molecule has 1 aromatic rings. The van der Waals surface area contributed by atoms with Crippen molar-refractivity contribution < 1.29 is 9.18 Å². The van der Waals surface area contributed by atoms with Crippen molar-refractivity contribution >= 4 is 33.2 Å². The highest BCUT2D eigenvalue weighted by atomic mass is 79.9. The molecule has 0 bridgehead atoms. The summed E-state index contributed by atoms with van der Waals surface area (Å²) in [5.41, 5.74) is 1.49. The van der Waals surface area contributed by atoms with Gasteiger partial charge in [-0.2, -0.15) is 0 Å². The standard InChI is InChI=1S/C13H14BrFN2O/c1-7-2-3-17-11-6-9(15)8(14)5-10(11)16-13(18)12(17)4-7/h5-7,12H,2-4H2,1H3,(H,16,18). The summed E-state index contributed by atoms with van der Waals surface area (Å²) < 4.78 is 14.0. The zero-order valence-corrected chi connectivity index (χ0v) is 11.6. The molecule has 3 rings (SSSR count). The average molecular weight is 313 g/mol. The molecule has 2 aliphatic rings. The fourth-order valence-electron chi connectivity index (χ4n) is 2.77. The third-order valence-corrected chi connectivity index (χ3v) is 4.38. The molecule has 2 atom stereocenters. The molecule has 5 heteroatoms. The van der Waals surface area contributed by atoms with Gasteiger partial charge in [0.2, 0.25) is 5.91 Å². The van der Waals surface area contributed by atoms with Gasteiger partial charge in [-0.1, -0.05) is 6.92 Å². The van der Waals surface area contributed by atoms with Crippen LogP contribution in [0.4, 0.5) is 15.8 Å². The Morgan fingerprint density at radius 2 is 2.28 bits per heavy atom. The van der Waals surface area contributed by atoms with Gasteiger partial charge < -0.3 is 10.2 Å². The van der Waals surface area contributed by atoms with E-state index in [1.807, 2.05) is 4.90 Å². The zero-order chi connectivity index (χ0) is 12.9. The molecule has 18 heavy (non-hydrogen) atoms. The summed E-state index contributed by atoms with van der Waals surface area (Å²) in [6.45, 7) is 2.97. The normalized spacial score (nSPS) is 26.4. The Bertz CT molecular complexity index is 520. The zero-order valence-electron chi connectivity index (χ0n) is 10.0. The minimum absolute atomic E-state index is 0.0209. The van der Waals surface area contributed by atoms with Crippen molar-refractivity contribution in [3.63, 3.8) is 0 Å². The summed E-state index contributed by atoms with van der Waals surface area (Å²) in [4.78, 5) is 14.1. The molecule has 3 nitrogen and oxygen atoms in total. The molecule has 1 amide bonds. The van der Waals surface area contributed by atoms with E-state index in [0.717, 1.165) is 25.1 Å². The van der Waals surface area contributed by atoms with Gasteiger partial charge in [0.15, 0.2) is 0 Å². The molecule has 0 aromatic heterocycles. The topological polar surface area (TPSA) is 32.3 Å². The maximum absolute atomic E-state index is 13.7. The van der Waals surface area contributed by atoms with Gasteiger partial charge in [-0.25, -0.2) is 4.39 Å². The Morgan fingerprint density at radius 3 is 3.06 bits per heavy atom. The van der Waals surface area contributed by atoms with Gasteiger partial charge in [0.05, 0.1) is 15.8 Å². The van der Waals surface area contributed by atoms with E-state index in [4.69, 9.17) is 0 Å². The molecule has 1 aromatic carbocycles. The summed E-state index contributed by atoms with van der Waals surface area (Å²) in [5.74, 6) is 0.272. The van der Waals surface area contributed by atoms with Crippen molar-refractivity contribution in [3.8, 4) is 0 Å². The highest BCUT2D eigenvalue weighted by Gasteiger charge is 2.37. The maximum atomic E-state index is 13.7. The molecule has 0 aliphatic carbocycles. The summed E-state index contributed by atoms with van der Waals surface area (Å²) in [7, 11) is 0. The number of rotatable bonds is 0. The Morgan fingerprint density at radius 1 is 1.50 bits per heavy atom. The van der Waals surface area contributed by atoms with E-state index in [0.29, 0.717) is 16.1 Å². The summed E-state index contributed by atoms with van der Waals surface area (Å²) in [6, 6.07) is 2.99. The van der Waals surface area contributed by atoms with Crippen LogP contribution in [0.15, 0.2) is 16.6 Å². The first-order valence-corrected chi connectivity index (χ1v) is 6.92. The van der Waals surface area contributed by atoms with E-state index in [9.17, 15) is 9.18 Å². The molecule has 1 N–H and O–H groups in total. The fraction of sp³-hybridized carbons (Fsp3) is 0.462. The first-order valence-electron chi connectivity index (χ1n) is 6.13. The maximum Gasteiger partial charge on any atom is 0.247 e. The minimum Gasteiger partial charge on any atom is -0.358 e. The molecule has 0 spiro atoms. The van der Waals surface area contributed by atoms with Crippen molar-refractivity contribution in [2.24, 2.45) is 5.92 Å². The number of nitrogens with zero attached hydrogens (tertiary/aromatic N) is 1. The fourth-order valence-corrected chi connectivity index (χ4v) is 3.11. The third kappa shape index (κ3) is 1.81. The number of hydrogen-bond donors (Lipinski definition) is 1. The molecular weight excluding hydrogens is 299 g/mol. The number of nitrogens with one attached hydrogen (secondary N) is 1. The van der Waals surface area contributed by atoms with Crippen molar-refractivity contribution in [3.05, 3.63) is 22.4 Å². The van der Waals surface area contributed by atoms with Gasteiger partial charge in [0.25, 0.3) is 0 Å². The lowest BCUT2D eigenvalue weighted by atomic mass is 9.90. The summed E-state index contributed by atoms with van der Waals surface area (Å²) in [5, 5.41) is 2.87. The average Bonchev–Trinajstić information content (AvgIpc) is 2.32. The van der Waals surface area contributed by atoms with Gasteiger partial charge in [0, 0.05) is 12.6 Å². The third-order valence-electron chi connectivity index (χ3n) is 3.77. The van der Waals surface area contributed by atoms with Crippen LogP contribution >= 0.6 is 15.9 Å². The Hall–Kier alpha value is -1.10. The number of fused-ring (bicyclic) bond motifs is 3. The highest BCUT2D eigenvalue weighted by molar-refractivity contribution is 9.10. The predicted octanol–water partition coefficient (Wildman–Crippen LogP) is 3.15. The second-order valence-corrected chi connectivity index (χ2v) is 5.97. The number of halogens is 2. The lowest BCUT2D eigenvalue weighted by Gasteiger charge is -2.43. The molecular formula is C13H14BrFN2O. The molecule has 2 aliphatic heterocycles. The van der Waals surface area contributed by atoms with Gasteiger partial charge in [0.1, 0.15) is 11.9 Å². The van der Waals surface area contributed by atoms with E-state index in [2.05, 4.69) is 28.2 Å². The van der Waals surface area contributed by atoms with Crippen molar-refractivity contribution in [1.82, 2.24) is 0 Å². The van der Waals surface area contributed by atoms with Crippen LogP contribution in [0.5, 0.6) is 0 Å². The number of carbonyl (C=O) groups excluding carboxylic acids is 1. The molecule has 96 valence electrons. The lowest BCUT2D eigenvalue weighted by molar-refractivity contribution is -0.118. The van der Waals surface area contributed by atoms with E-state index in [1.165, 1.54) is 6.07 Å². The second-order valence-electron chi connectivity index (χ2n) is 5.11. The Balaban J connectivity index is 2.05. The Labute approximate surface area is 113 Å². The predicted molar refractivity (Wildman–Crippen MR) is 72.3 cm³/mol. The van der Waals surface area contributed by atoms with E-state index in [1.54, 1.807) is 6.07 Å². The van der Waals surface area contributed by atoms with E-state index in [-0.39, 0.29) is 17.8 Å². The quantitative estimate of drug-likeness (QED) is 0.798. The minimum atomic E-state index is -0.290. The number of carbonyl (C=O) groups is 1. The molecule has 1 saturated heterocycles. The molecule has 2 heterocycles. The number of amides is 1. The summed E-state index contributed by atoms with van der Waals surface area (Å²) >= 11 is 3.15. The number of hydrogen-bond acceptors (Lipinski definition) is 2. The number of benzene rings is 1. The van der Waals surface area contributed by atoms with E-state index < -0.39 is 0 Å². The van der Waals surface area contributed by atoms with Crippen LogP contribution < -0.4 is 10.2 Å². The van der Waals surface area contributed by atoms with Crippen LogP contribution in [0.2, 0.25) is 0 Å². The lowest BCUT2D eigenvalue weighted by Crippen LogP contribution is -2.52. The van der Waals surface area contributed by atoms with Crippen LogP contribution in [0.1, 0.15) is 19.8 Å². The number of piperidine rings is 1. The van der Waals surface area contributed by atoms with Crippen molar-refractivity contribution in [1.29, 1.82) is 0 Å². The Kier molecular flexibility index (Phi) is 2.81. The van der Waals surface area contributed by atoms with Crippen molar-refractivity contribution in [2.45, 2.75) is 25.8 Å². The second kappa shape index (κ2) is 4.23. The first kappa shape index (κ1) is 12.0. The molecule has 0 radical (unpaired) electrons. The smallest absolute Gasteiger partial charge is 0.247 e. The first-order chi connectivity index (χ1) is 8.56. The van der Waals surface area contributed by atoms with E-state index >= 15 is 0 Å². The SMILES string of the molecule is CC1CCN2c3cc(F)c(Br)cc3NC(=O)C2C1. The monoisotopic (exact) mass is 312 g/mol. The van der Waals surface area contributed by atoms with Crippen LogP contribution in [-0.2, 0) is 4.79 Å². The highest BCUT2D eigenvalue weighted by Crippen LogP contribution is 2.39. The van der Waals surface area contributed by atoms with Crippen LogP contribution in [0.3, 0.4) is 0 Å².